The number of hydrogen-bond donors (Lipinski definition) is 2. The van der Waals surface area contributed by atoms with Gasteiger partial charge in [0.25, 0.3) is 0 Å². The number of nitrogens with zero attached hydrogens (tertiary/aromatic N) is 4. The van der Waals surface area contributed by atoms with Crippen LogP contribution in [-0.2, 0) is 15.3 Å². The number of fused-ring (bicyclic) bond motifs is 1. The lowest BCUT2D eigenvalue weighted by Gasteiger charge is -2.30. The van der Waals surface area contributed by atoms with Crippen LogP contribution in [-0.4, -0.2) is 49.0 Å². The fraction of sp³-hybridized carbons (Fsp3) is 0.333. The molecular weight excluding hydrogens is 369 g/mol. The molecule has 0 radical (unpaired) electrons. The third-order valence-corrected chi connectivity index (χ3v) is 4.74. The van der Waals surface area contributed by atoms with Gasteiger partial charge in [-0.25, -0.2) is 23.7 Å². The Bertz CT molecular complexity index is 1030. The number of aromatic nitrogens is 4. The molecule has 4 rings (SSSR count). The van der Waals surface area contributed by atoms with E-state index in [9.17, 15) is 9.90 Å². The molecule has 2 aromatic heterocycles. The standard InChI is InChI=1S/C18H18FN5O4/c1-17(19)7-12(9-27-16(25)11-5-3-2-4-6-11)28-18(17,26)13-8-21-15-14(20)22-10-23-24(13)15/h2-6,8,10,12,26H,7,9H2,1H3,(H2,20,22,23)/t12-,17+,18?/m0/s1. The van der Waals surface area contributed by atoms with E-state index in [4.69, 9.17) is 15.2 Å². The molecular formula is C18H18FN5O4. The highest BCUT2D eigenvalue weighted by Gasteiger charge is 2.60. The van der Waals surface area contributed by atoms with E-state index in [1.165, 1.54) is 24.0 Å². The number of nitrogen functional groups attached to an aromatic ring is 1. The van der Waals surface area contributed by atoms with Crippen LogP contribution in [0.4, 0.5) is 10.2 Å². The van der Waals surface area contributed by atoms with Crippen molar-refractivity contribution in [3.8, 4) is 0 Å². The number of imidazole rings is 1. The fourth-order valence-electron chi connectivity index (χ4n) is 3.28. The molecule has 0 amide bonds. The molecule has 1 saturated heterocycles. The second-order valence-electron chi connectivity index (χ2n) is 6.77. The highest BCUT2D eigenvalue weighted by molar-refractivity contribution is 5.89. The van der Waals surface area contributed by atoms with E-state index >= 15 is 4.39 Å². The molecule has 1 aliphatic rings. The first-order chi connectivity index (χ1) is 13.3. The van der Waals surface area contributed by atoms with Crippen molar-refractivity contribution in [2.75, 3.05) is 12.3 Å². The molecule has 10 heteroatoms. The molecule has 0 saturated carbocycles. The summed E-state index contributed by atoms with van der Waals surface area (Å²) in [4.78, 5) is 19.9. The van der Waals surface area contributed by atoms with Crippen molar-refractivity contribution in [1.29, 1.82) is 0 Å². The second kappa shape index (κ2) is 6.50. The largest absolute Gasteiger partial charge is 0.459 e. The molecule has 3 aromatic rings. The number of ether oxygens (including phenoxy) is 2. The van der Waals surface area contributed by atoms with Crippen LogP contribution in [0.5, 0.6) is 0 Å². The fourth-order valence-corrected chi connectivity index (χ4v) is 3.28. The lowest BCUT2D eigenvalue weighted by Crippen LogP contribution is -2.44. The predicted molar refractivity (Wildman–Crippen MR) is 94.8 cm³/mol. The Kier molecular flexibility index (Phi) is 4.24. The zero-order chi connectivity index (χ0) is 19.9. The minimum Gasteiger partial charge on any atom is -0.459 e. The SMILES string of the molecule is C[C@@]1(F)C[C@@H](COC(=O)c2ccccc2)OC1(O)c1cnc2c(N)ncnn12. The first-order valence-electron chi connectivity index (χ1n) is 8.58. The summed E-state index contributed by atoms with van der Waals surface area (Å²) in [5, 5.41) is 15.0. The molecule has 3 N–H and O–H groups in total. The number of benzene rings is 1. The van der Waals surface area contributed by atoms with Gasteiger partial charge < -0.3 is 20.3 Å². The van der Waals surface area contributed by atoms with Crippen molar-refractivity contribution in [3.05, 3.63) is 54.1 Å². The Morgan fingerprint density at radius 2 is 2.18 bits per heavy atom. The van der Waals surface area contributed by atoms with Gasteiger partial charge in [-0.2, -0.15) is 5.10 Å². The van der Waals surface area contributed by atoms with Crippen molar-refractivity contribution in [2.24, 2.45) is 0 Å². The Hall–Kier alpha value is -3.11. The van der Waals surface area contributed by atoms with E-state index in [0.29, 0.717) is 5.56 Å². The molecule has 3 atom stereocenters. The van der Waals surface area contributed by atoms with E-state index < -0.39 is 23.5 Å². The van der Waals surface area contributed by atoms with Gasteiger partial charge in [0.2, 0.25) is 5.79 Å². The Balaban J connectivity index is 1.55. The second-order valence-corrected chi connectivity index (χ2v) is 6.77. The number of carbonyl (C=O) groups excluding carboxylic acids is 1. The normalized spacial score (nSPS) is 27.2. The van der Waals surface area contributed by atoms with Gasteiger partial charge in [-0.15, -0.1) is 0 Å². The number of esters is 1. The average Bonchev–Trinajstić information content (AvgIpc) is 3.21. The van der Waals surface area contributed by atoms with E-state index in [2.05, 4.69) is 15.1 Å². The number of anilines is 1. The van der Waals surface area contributed by atoms with Gasteiger partial charge >= 0.3 is 5.97 Å². The Morgan fingerprint density at radius 1 is 1.43 bits per heavy atom. The van der Waals surface area contributed by atoms with Crippen LogP contribution in [0.3, 0.4) is 0 Å². The van der Waals surface area contributed by atoms with Gasteiger partial charge in [0, 0.05) is 6.42 Å². The predicted octanol–water partition coefficient (Wildman–Crippen LogP) is 1.23. The summed E-state index contributed by atoms with van der Waals surface area (Å²) in [6.45, 7) is 0.985. The minimum absolute atomic E-state index is 0.0292. The molecule has 0 spiro atoms. The first kappa shape index (κ1) is 18.3. The number of hydrogen-bond acceptors (Lipinski definition) is 8. The molecule has 146 valence electrons. The van der Waals surface area contributed by atoms with E-state index in [1.54, 1.807) is 30.3 Å². The monoisotopic (exact) mass is 387 g/mol. The summed E-state index contributed by atoms with van der Waals surface area (Å²) in [6.07, 6.45) is 1.34. The number of nitrogens with two attached hydrogens (primary N) is 1. The highest BCUT2D eigenvalue weighted by atomic mass is 19.1. The smallest absolute Gasteiger partial charge is 0.338 e. The number of alkyl halides is 1. The quantitative estimate of drug-likeness (QED) is 0.641. The Labute approximate surface area is 158 Å². The van der Waals surface area contributed by atoms with Crippen molar-refractivity contribution >= 4 is 17.4 Å². The Morgan fingerprint density at radius 3 is 2.93 bits per heavy atom. The number of halogens is 1. The van der Waals surface area contributed by atoms with Crippen LogP contribution >= 0.6 is 0 Å². The number of carbonyl (C=O) groups is 1. The summed E-state index contributed by atoms with van der Waals surface area (Å²) in [7, 11) is 0. The molecule has 28 heavy (non-hydrogen) atoms. The van der Waals surface area contributed by atoms with E-state index in [-0.39, 0.29) is 30.2 Å². The number of aliphatic hydroxyl groups is 1. The van der Waals surface area contributed by atoms with Gasteiger partial charge in [-0.3, -0.25) is 0 Å². The van der Waals surface area contributed by atoms with Gasteiger partial charge in [0.05, 0.1) is 17.9 Å². The zero-order valence-corrected chi connectivity index (χ0v) is 14.9. The summed E-state index contributed by atoms with van der Waals surface area (Å²) in [5.74, 6) is -2.83. The maximum Gasteiger partial charge on any atom is 0.338 e. The third-order valence-electron chi connectivity index (χ3n) is 4.74. The molecule has 1 fully saturated rings. The van der Waals surface area contributed by atoms with Crippen LogP contribution < -0.4 is 5.73 Å². The first-order valence-corrected chi connectivity index (χ1v) is 8.58. The molecule has 3 heterocycles. The van der Waals surface area contributed by atoms with Crippen molar-refractivity contribution in [3.63, 3.8) is 0 Å². The lowest BCUT2D eigenvalue weighted by atomic mass is 9.93. The zero-order valence-electron chi connectivity index (χ0n) is 14.9. The maximum atomic E-state index is 15.3. The van der Waals surface area contributed by atoms with Crippen LogP contribution in [0.15, 0.2) is 42.9 Å². The van der Waals surface area contributed by atoms with Gasteiger partial charge in [-0.05, 0) is 19.1 Å². The molecule has 1 aromatic carbocycles. The van der Waals surface area contributed by atoms with E-state index in [1.807, 2.05) is 0 Å². The van der Waals surface area contributed by atoms with E-state index in [0.717, 1.165) is 0 Å². The molecule has 1 unspecified atom stereocenters. The van der Waals surface area contributed by atoms with Crippen LogP contribution in [0.2, 0.25) is 0 Å². The van der Waals surface area contributed by atoms with Crippen molar-refractivity contribution in [2.45, 2.75) is 30.9 Å². The maximum absolute atomic E-state index is 15.3. The lowest BCUT2D eigenvalue weighted by molar-refractivity contribution is -0.255. The summed E-state index contributed by atoms with van der Waals surface area (Å²) in [5.41, 5.74) is 4.06. The van der Waals surface area contributed by atoms with Gasteiger partial charge in [-0.1, -0.05) is 18.2 Å². The summed E-state index contributed by atoms with van der Waals surface area (Å²) in [6, 6.07) is 8.40. The molecule has 1 aliphatic heterocycles. The third kappa shape index (κ3) is 2.86. The van der Waals surface area contributed by atoms with Gasteiger partial charge in [0.1, 0.15) is 18.6 Å². The minimum atomic E-state index is -2.35. The van der Waals surface area contributed by atoms with Crippen molar-refractivity contribution in [1.82, 2.24) is 19.6 Å². The molecule has 9 nitrogen and oxygen atoms in total. The molecule has 0 aliphatic carbocycles. The topological polar surface area (TPSA) is 125 Å². The van der Waals surface area contributed by atoms with Crippen LogP contribution in [0, 0.1) is 0 Å². The summed E-state index contributed by atoms with van der Waals surface area (Å²) >= 11 is 0. The average molecular weight is 387 g/mol. The highest BCUT2D eigenvalue weighted by Crippen LogP contribution is 2.47. The van der Waals surface area contributed by atoms with Crippen LogP contribution in [0.1, 0.15) is 29.4 Å². The molecule has 0 bridgehead atoms. The van der Waals surface area contributed by atoms with Crippen molar-refractivity contribution < 1.29 is 23.8 Å². The van der Waals surface area contributed by atoms with Gasteiger partial charge in [0.15, 0.2) is 17.1 Å². The summed E-state index contributed by atoms with van der Waals surface area (Å²) < 4.78 is 27.3. The van der Waals surface area contributed by atoms with Crippen LogP contribution in [0.25, 0.3) is 5.65 Å². The number of rotatable bonds is 4.